The summed E-state index contributed by atoms with van der Waals surface area (Å²) >= 11 is 5.89. The minimum Gasteiger partial charge on any atom is -0.389 e. The van der Waals surface area contributed by atoms with Crippen molar-refractivity contribution in [3.8, 4) is 0 Å². The smallest absolute Gasteiger partial charge is 0.0781 e. The summed E-state index contributed by atoms with van der Waals surface area (Å²) in [5, 5.41) is 14.0. The molecule has 2 aromatic carbocycles. The minimum absolute atomic E-state index is 0.274. The van der Waals surface area contributed by atoms with Crippen LogP contribution in [-0.2, 0) is 6.42 Å². The molecule has 0 heterocycles. The first-order valence-corrected chi connectivity index (χ1v) is 7.22. The molecule has 2 nitrogen and oxygen atoms in total. The zero-order chi connectivity index (χ0) is 14.5. The summed E-state index contributed by atoms with van der Waals surface area (Å²) in [6, 6.07) is 16.0. The SMILES string of the molecule is CC(Cc1ccc(Cl)cc1)Nc1ccccc1C(C)O. The van der Waals surface area contributed by atoms with Gasteiger partial charge < -0.3 is 10.4 Å². The lowest BCUT2D eigenvalue weighted by molar-refractivity contribution is 0.200. The van der Waals surface area contributed by atoms with Crippen LogP contribution in [0.15, 0.2) is 48.5 Å². The van der Waals surface area contributed by atoms with Crippen LogP contribution in [0.2, 0.25) is 5.02 Å². The van der Waals surface area contributed by atoms with Crippen LogP contribution in [0.25, 0.3) is 0 Å². The molecule has 0 aliphatic heterocycles. The largest absolute Gasteiger partial charge is 0.389 e. The Hall–Kier alpha value is -1.51. The number of benzene rings is 2. The number of nitrogens with one attached hydrogen (secondary N) is 1. The molecule has 0 aliphatic carbocycles. The monoisotopic (exact) mass is 289 g/mol. The summed E-state index contributed by atoms with van der Waals surface area (Å²) in [5.41, 5.74) is 3.16. The lowest BCUT2D eigenvalue weighted by atomic mass is 10.0. The Morgan fingerprint density at radius 2 is 1.70 bits per heavy atom. The average Bonchev–Trinajstić information content (AvgIpc) is 2.41. The van der Waals surface area contributed by atoms with E-state index in [0.717, 1.165) is 22.7 Å². The standard InChI is InChI=1S/C17H20ClNO/c1-12(11-14-7-9-15(18)10-8-14)19-17-6-4-3-5-16(17)13(2)20/h3-10,12-13,19-20H,11H2,1-2H3. The zero-order valence-electron chi connectivity index (χ0n) is 11.8. The summed E-state index contributed by atoms with van der Waals surface area (Å²) in [4.78, 5) is 0. The van der Waals surface area contributed by atoms with E-state index >= 15 is 0 Å². The fourth-order valence-corrected chi connectivity index (χ4v) is 2.41. The molecule has 106 valence electrons. The van der Waals surface area contributed by atoms with Crippen LogP contribution >= 0.6 is 11.6 Å². The maximum atomic E-state index is 9.78. The van der Waals surface area contributed by atoms with E-state index in [1.165, 1.54) is 5.56 Å². The first-order valence-electron chi connectivity index (χ1n) is 6.84. The number of aliphatic hydroxyl groups excluding tert-OH is 1. The van der Waals surface area contributed by atoms with Crippen LogP contribution in [-0.4, -0.2) is 11.1 Å². The number of aliphatic hydroxyl groups is 1. The second kappa shape index (κ2) is 6.78. The molecule has 2 N–H and O–H groups in total. The van der Waals surface area contributed by atoms with Gasteiger partial charge in [0, 0.05) is 22.3 Å². The molecule has 2 unspecified atom stereocenters. The third-order valence-corrected chi connectivity index (χ3v) is 3.52. The van der Waals surface area contributed by atoms with Gasteiger partial charge in [0.2, 0.25) is 0 Å². The van der Waals surface area contributed by atoms with Gasteiger partial charge in [-0.05, 0) is 44.0 Å². The number of rotatable bonds is 5. The Kier molecular flexibility index (Phi) is 5.05. The maximum Gasteiger partial charge on any atom is 0.0781 e. The normalized spacial score (nSPS) is 13.8. The highest BCUT2D eigenvalue weighted by Crippen LogP contribution is 2.23. The molecular weight excluding hydrogens is 270 g/mol. The van der Waals surface area contributed by atoms with Gasteiger partial charge >= 0.3 is 0 Å². The summed E-state index contributed by atoms with van der Waals surface area (Å²) in [6.45, 7) is 3.91. The van der Waals surface area contributed by atoms with Gasteiger partial charge in [-0.25, -0.2) is 0 Å². The van der Waals surface area contributed by atoms with Crippen LogP contribution in [0, 0.1) is 0 Å². The van der Waals surface area contributed by atoms with Gasteiger partial charge in [-0.2, -0.15) is 0 Å². The second-order valence-electron chi connectivity index (χ2n) is 5.14. The molecule has 2 atom stereocenters. The predicted molar refractivity (Wildman–Crippen MR) is 85.3 cm³/mol. The van der Waals surface area contributed by atoms with Crippen molar-refractivity contribution in [2.45, 2.75) is 32.4 Å². The van der Waals surface area contributed by atoms with Crippen LogP contribution < -0.4 is 5.32 Å². The van der Waals surface area contributed by atoms with E-state index in [0.29, 0.717) is 0 Å². The van der Waals surface area contributed by atoms with Gasteiger partial charge in [-0.1, -0.05) is 41.9 Å². The highest BCUT2D eigenvalue weighted by Gasteiger charge is 2.10. The van der Waals surface area contributed by atoms with E-state index in [9.17, 15) is 5.11 Å². The molecule has 20 heavy (non-hydrogen) atoms. The molecule has 2 rings (SSSR count). The first-order chi connectivity index (χ1) is 9.56. The Morgan fingerprint density at radius 1 is 1.05 bits per heavy atom. The Labute approximate surface area is 125 Å². The zero-order valence-corrected chi connectivity index (χ0v) is 12.6. The molecule has 0 aromatic heterocycles. The maximum absolute atomic E-state index is 9.78. The van der Waals surface area contributed by atoms with E-state index in [1.54, 1.807) is 6.92 Å². The lowest BCUT2D eigenvalue weighted by Gasteiger charge is -2.19. The third kappa shape index (κ3) is 3.99. The van der Waals surface area contributed by atoms with Crippen LogP contribution in [0.5, 0.6) is 0 Å². The van der Waals surface area contributed by atoms with Crippen molar-refractivity contribution in [2.24, 2.45) is 0 Å². The minimum atomic E-state index is -0.471. The summed E-state index contributed by atoms with van der Waals surface area (Å²) in [5.74, 6) is 0. The van der Waals surface area contributed by atoms with Crippen molar-refractivity contribution in [1.29, 1.82) is 0 Å². The Morgan fingerprint density at radius 3 is 2.35 bits per heavy atom. The lowest BCUT2D eigenvalue weighted by Crippen LogP contribution is -2.19. The van der Waals surface area contributed by atoms with Crippen LogP contribution in [0.4, 0.5) is 5.69 Å². The summed E-state index contributed by atoms with van der Waals surface area (Å²) in [7, 11) is 0. The van der Waals surface area contributed by atoms with Crippen LogP contribution in [0.3, 0.4) is 0 Å². The molecule has 0 fully saturated rings. The summed E-state index contributed by atoms with van der Waals surface area (Å²) < 4.78 is 0. The fourth-order valence-electron chi connectivity index (χ4n) is 2.28. The topological polar surface area (TPSA) is 32.3 Å². The van der Waals surface area contributed by atoms with Gasteiger partial charge in [0.15, 0.2) is 0 Å². The van der Waals surface area contributed by atoms with E-state index in [2.05, 4.69) is 12.2 Å². The van der Waals surface area contributed by atoms with Crippen LogP contribution in [0.1, 0.15) is 31.1 Å². The van der Waals surface area contributed by atoms with Gasteiger partial charge in [-0.15, -0.1) is 0 Å². The number of hydrogen-bond donors (Lipinski definition) is 2. The average molecular weight is 290 g/mol. The Balaban J connectivity index is 2.04. The van der Waals surface area contributed by atoms with Crippen molar-refractivity contribution >= 4 is 17.3 Å². The third-order valence-electron chi connectivity index (χ3n) is 3.27. The number of para-hydroxylation sites is 1. The molecule has 2 aromatic rings. The van der Waals surface area contributed by atoms with Gasteiger partial charge in [0.25, 0.3) is 0 Å². The van der Waals surface area contributed by atoms with Crippen molar-refractivity contribution in [2.75, 3.05) is 5.32 Å². The van der Waals surface area contributed by atoms with E-state index < -0.39 is 6.10 Å². The number of halogens is 1. The van der Waals surface area contributed by atoms with Gasteiger partial charge in [0.05, 0.1) is 6.10 Å². The molecular formula is C17H20ClNO. The van der Waals surface area contributed by atoms with Gasteiger partial charge in [0.1, 0.15) is 0 Å². The molecule has 0 bridgehead atoms. The second-order valence-corrected chi connectivity index (χ2v) is 5.58. The van der Waals surface area contributed by atoms with Crippen molar-refractivity contribution < 1.29 is 5.11 Å². The highest BCUT2D eigenvalue weighted by molar-refractivity contribution is 6.30. The van der Waals surface area contributed by atoms with E-state index in [-0.39, 0.29) is 6.04 Å². The number of hydrogen-bond acceptors (Lipinski definition) is 2. The fraction of sp³-hybridized carbons (Fsp3) is 0.294. The van der Waals surface area contributed by atoms with Crippen molar-refractivity contribution in [3.05, 3.63) is 64.7 Å². The molecule has 0 saturated carbocycles. The van der Waals surface area contributed by atoms with Crippen molar-refractivity contribution in [1.82, 2.24) is 0 Å². The van der Waals surface area contributed by atoms with E-state index in [4.69, 9.17) is 11.6 Å². The highest BCUT2D eigenvalue weighted by atomic mass is 35.5. The quantitative estimate of drug-likeness (QED) is 0.853. The molecule has 3 heteroatoms. The molecule has 0 radical (unpaired) electrons. The predicted octanol–water partition coefficient (Wildman–Crippen LogP) is 4.44. The molecule has 0 saturated heterocycles. The number of anilines is 1. The Bertz CT molecular complexity index is 551. The molecule has 0 spiro atoms. The summed E-state index contributed by atoms with van der Waals surface area (Å²) in [6.07, 6.45) is 0.437. The molecule has 0 amide bonds. The van der Waals surface area contributed by atoms with Gasteiger partial charge in [-0.3, -0.25) is 0 Å². The molecule has 0 aliphatic rings. The van der Waals surface area contributed by atoms with Crippen molar-refractivity contribution in [3.63, 3.8) is 0 Å². The van der Waals surface area contributed by atoms with E-state index in [1.807, 2.05) is 48.5 Å². The first kappa shape index (κ1) is 14.9.